The lowest BCUT2D eigenvalue weighted by atomic mass is 10.2. The molecule has 0 aliphatic heterocycles. The van der Waals surface area contributed by atoms with Crippen molar-refractivity contribution in [2.45, 2.75) is 4.90 Å². The van der Waals surface area contributed by atoms with Crippen LogP contribution in [-0.4, -0.2) is 26.3 Å². The molecule has 0 amide bonds. The predicted molar refractivity (Wildman–Crippen MR) is 65.6 cm³/mol. The van der Waals surface area contributed by atoms with E-state index in [1.54, 1.807) is 0 Å². The van der Waals surface area contributed by atoms with Gasteiger partial charge in [-0.1, -0.05) is 6.08 Å². The van der Waals surface area contributed by atoms with Crippen molar-refractivity contribution in [1.82, 2.24) is 4.31 Å². The summed E-state index contributed by atoms with van der Waals surface area (Å²) >= 11 is 0. The average Bonchev–Trinajstić information content (AvgIpc) is 2.28. The molecule has 0 bridgehead atoms. The van der Waals surface area contributed by atoms with Gasteiger partial charge in [-0.2, -0.15) is 9.57 Å². The molecule has 0 aliphatic rings. The van der Waals surface area contributed by atoms with Crippen LogP contribution in [0.2, 0.25) is 0 Å². The molecule has 0 heterocycles. The van der Waals surface area contributed by atoms with Crippen molar-refractivity contribution in [2.24, 2.45) is 0 Å². The van der Waals surface area contributed by atoms with Crippen molar-refractivity contribution < 1.29 is 8.42 Å². The molecule has 17 heavy (non-hydrogen) atoms. The number of nitrogens with zero attached hydrogens (tertiary/aromatic N) is 2. The largest absolute Gasteiger partial charge is 0.399 e. The highest BCUT2D eigenvalue weighted by molar-refractivity contribution is 7.89. The lowest BCUT2D eigenvalue weighted by molar-refractivity contribution is 0.499. The van der Waals surface area contributed by atoms with E-state index >= 15 is 0 Å². The zero-order chi connectivity index (χ0) is 13.1. The monoisotopic (exact) mass is 251 g/mol. The van der Waals surface area contributed by atoms with Gasteiger partial charge in [-0.05, 0) is 18.2 Å². The molecule has 0 spiro atoms. The summed E-state index contributed by atoms with van der Waals surface area (Å²) in [5.41, 5.74) is 5.90. The third kappa shape index (κ3) is 2.64. The van der Waals surface area contributed by atoms with Crippen LogP contribution in [0.5, 0.6) is 0 Å². The smallest absolute Gasteiger partial charge is 0.244 e. The summed E-state index contributed by atoms with van der Waals surface area (Å²) in [5, 5.41) is 8.91. The number of rotatable bonds is 4. The van der Waals surface area contributed by atoms with Crippen LogP contribution in [-0.2, 0) is 10.0 Å². The van der Waals surface area contributed by atoms with E-state index in [1.165, 1.54) is 31.3 Å². The summed E-state index contributed by atoms with van der Waals surface area (Å²) in [5.74, 6) is 0. The first kappa shape index (κ1) is 13.2. The van der Waals surface area contributed by atoms with Gasteiger partial charge in [0.05, 0.1) is 5.56 Å². The van der Waals surface area contributed by atoms with E-state index in [1.807, 2.05) is 6.07 Å². The second kappa shape index (κ2) is 4.99. The Labute approximate surface area is 101 Å². The zero-order valence-corrected chi connectivity index (χ0v) is 10.2. The summed E-state index contributed by atoms with van der Waals surface area (Å²) in [6, 6.07) is 5.96. The van der Waals surface area contributed by atoms with Gasteiger partial charge in [0.1, 0.15) is 11.0 Å². The first-order valence-electron chi connectivity index (χ1n) is 4.80. The van der Waals surface area contributed by atoms with Crippen molar-refractivity contribution in [3.05, 3.63) is 36.4 Å². The number of hydrogen-bond acceptors (Lipinski definition) is 4. The number of nitrogens with two attached hydrogens (primary N) is 1. The summed E-state index contributed by atoms with van der Waals surface area (Å²) in [6.07, 6.45) is 1.47. The Morgan fingerprint density at radius 2 is 2.24 bits per heavy atom. The third-order valence-corrected chi connectivity index (χ3v) is 4.08. The molecule has 1 aromatic carbocycles. The van der Waals surface area contributed by atoms with Crippen LogP contribution in [0.4, 0.5) is 5.69 Å². The maximum atomic E-state index is 12.1. The summed E-state index contributed by atoms with van der Waals surface area (Å²) in [4.78, 5) is -0.0430. The molecule has 0 aromatic heterocycles. The van der Waals surface area contributed by atoms with E-state index in [-0.39, 0.29) is 17.0 Å². The maximum absolute atomic E-state index is 12.1. The van der Waals surface area contributed by atoms with Crippen LogP contribution >= 0.6 is 0 Å². The second-order valence-corrected chi connectivity index (χ2v) is 5.45. The summed E-state index contributed by atoms with van der Waals surface area (Å²) < 4.78 is 25.3. The van der Waals surface area contributed by atoms with E-state index < -0.39 is 10.0 Å². The maximum Gasteiger partial charge on any atom is 0.244 e. The van der Waals surface area contributed by atoms with Crippen LogP contribution in [0.25, 0.3) is 0 Å². The van der Waals surface area contributed by atoms with Gasteiger partial charge in [0.15, 0.2) is 0 Å². The Hall–Kier alpha value is -1.84. The first-order valence-corrected chi connectivity index (χ1v) is 6.24. The first-order chi connectivity index (χ1) is 7.93. The molecule has 2 N–H and O–H groups in total. The molecule has 0 unspecified atom stereocenters. The minimum atomic E-state index is -3.68. The summed E-state index contributed by atoms with van der Waals surface area (Å²) in [6.45, 7) is 3.65. The normalized spacial score (nSPS) is 11.1. The molecular weight excluding hydrogens is 238 g/mol. The van der Waals surface area contributed by atoms with E-state index in [0.29, 0.717) is 5.69 Å². The molecule has 0 radical (unpaired) electrons. The van der Waals surface area contributed by atoms with E-state index in [0.717, 1.165) is 4.31 Å². The van der Waals surface area contributed by atoms with E-state index in [2.05, 4.69) is 6.58 Å². The molecule has 5 nitrogen and oxygen atoms in total. The fourth-order valence-corrected chi connectivity index (χ4v) is 2.57. The van der Waals surface area contributed by atoms with Crippen molar-refractivity contribution in [3.8, 4) is 6.07 Å². The van der Waals surface area contributed by atoms with Crippen molar-refractivity contribution in [2.75, 3.05) is 19.3 Å². The van der Waals surface area contributed by atoms with Gasteiger partial charge in [-0.3, -0.25) is 0 Å². The van der Waals surface area contributed by atoms with Gasteiger partial charge in [0.2, 0.25) is 10.0 Å². The fraction of sp³-hybridized carbons (Fsp3) is 0.182. The molecule has 0 fully saturated rings. The SMILES string of the molecule is C=CCN(C)S(=O)(=O)c1ccc(N)cc1C#N. The van der Waals surface area contributed by atoms with Crippen molar-refractivity contribution in [3.63, 3.8) is 0 Å². The number of anilines is 1. The minimum absolute atomic E-state index is 0.0425. The number of sulfonamides is 1. The van der Waals surface area contributed by atoms with Crippen LogP contribution < -0.4 is 5.73 Å². The molecule has 1 rings (SSSR count). The lowest BCUT2D eigenvalue weighted by Crippen LogP contribution is -2.27. The summed E-state index contributed by atoms with van der Waals surface area (Å²) in [7, 11) is -2.25. The number of hydrogen-bond donors (Lipinski definition) is 1. The quantitative estimate of drug-likeness (QED) is 0.637. The molecule has 0 aliphatic carbocycles. The fourth-order valence-electron chi connectivity index (χ4n) is 1.31. The molecule has 0 saturated heterocycles. The van der Waals surface area contributed by atoms with Crippen LogP contribution in [0.3, 0.4) is 0 Å². The number of nitrogen functional groups attached to an aromatic ring is 1. The molecule has 1 aromatic rings. The van der Waals surface area contributed by atoms with Gasteiger partial charge >= 0.3 is 0 Å². The lowest BCUT2D eigenvalue weighted by Gasteiger charge is -2.16. The Balaban J connectivity index is 3.34. The van der Waals surface area contributed by atoms with E-state index in [9.17, 15) is 8.42 Å². The Bertz CT molecular complexity index is 573. The predicted octanol–water partition coefficient (Wildman–Crippen LogP) is 0.947. The molecule has 90 valence electrons. The highest BCUT2D eigenvalue weighted by atomic mass is 32.2. The molecule has 0 atom stereocenters. The topological polar surface area (TPSA) is 87.2 Å². The number of likely N-dealkylation sites (N-methyl/N-ethyl adjacent to an activating group) is 1. The minimum Gasteiger partial charge on any atom is -0.399 e. The Kier molecular flexibility index (Phi) is 3.89. The van der Waals surface area contributed by atoms with Crippen LogP contribution in [0.1, 0.15) is 5.56 Å². The highest BCUT2D eigenvalue weighted by Crippen LogP contribution is 2.21. The molecule has 0 saturated carbocycles. The van der Waals surface area contributed by atoms with Gasteiger partial charge in [-0.15, -0.1) is 6.58 Å². The van der Waals surface area contributed by atoms with Crippen LogP contribution in [0.15, 0.2) is 35.7 Å². The standard InChI is InChI=1S/C11H13N3O2S/c1-3-6-14(2)17(15,16)11-5-4-10(13)7-9(11)8-12/h3-5,7H,1,6,13H2,2H3. The van der Waals surface area contributed by atoms with Gasteiger partial charge in [0.25, 0.3) is 0 Å². The van der Waals surface area contributed by atoms with Gasteiger partial charge in [0, 0.05) is 19.3 Å². The highest BCUT2D eigenvalue weighted by Gasteiger charge is 2.23. The van der Waals surface area contributed by atoms with Gasteiger partial charge < -0.3 is 5.73 Å². The second-order valence-electron chi connectivity index (χ2n) is 3.44. The van der Waals surface area contributed by atoms with Crippen molar-refractivity contribution in [1.29, 1.82) is 5.26 Å². The number of nitriles is 1. The van der Waals surface area contributed by atoms with E-state index in [4.69, 9.17) is 11.0 Å². The zero-order valence-electron chi connectivity index (χ0n) is 9.42. The Morgan fingerprint density at radius 1 is 1.59 bits per heavy atom. The average molecular weight is 251 g/mol. The van der Waals surface area contributed by atoms with Gasteiger partial charge in [-0.25, -0.2) is 8.42 Å². The van der Waals surface area contributed by atoms with Crippen molar-refractivity contribution >= 4 is 15.7 Å². The van der Waals surface area contributed by atoms with Crippen LogP contribution in [0, 0.1) is 11.3 Å². The number of benzene rings is 1. The molecule has 6 heteroatoms. The Morgan fingerprint density at radius 3 is 2.76 bits per heavy atom. The molecular formula is C11H13N3O2S. The third-order valence-electron chi connectivity index (χ3n) is 2.20.